The minimum absolute atomic E-state index is 0.170. The number of benzene rings is 1. The van der Waals surface area contributed by atoms with Gasteiger partial charge >= 0.3 is 0 Å². The van der Waals surface area contributed by atoms with Crippen molar-refractivity contribution in [2.24, 2.45) is 0 Å². The van der Waals surface area contributed by atoms with Crippen molar-refractivity contribution in [1.29, 1.82) is 0 Å². The van der Waals surface area contributed by atoms with Crippen LogP contribution in [0.3, 0.4) is 0 Å². The maximum absolute atomic E-state index is 13.0. The fourth-order valence-corrected chi connectivity index (χ4v) is 1.87. The normalized spacial score (nSPS) is 10.6. The van der Waals surface area contributed by atoms with Gasteiger partial charge in [0.25, 0.3) is 0 Å². The van der Waals surface area contributed by atoms with E-state index in [4.69, 9.17) is 11.6 Å². The van der Waals surface area contributed by atoms with E-state index in [2.05, 4.69) is 10.3 Å². The highest BCUT2D eigenvalue weighted by Gasteiger charge is 2.00. The molecule has 0 saturated carbocycles. The van der Waals surface area contributed by atoms with E-state index >= 15 is 0 Å². The summed E-state index contributed by atoms with van der Waals surface area (Å²) in [5, 5.41) is 3.47. The van der Waals surface area contributed by atoms with Crippen LogP contribution in [-0.2, 0) is 13.0 Å². The summed E-state index contributed by atoms with van der Waals surface area (Å²) in [6.45, 7) is 1.55. The molecule has 0 amide bonds. The summed E-state index contributed by atoms with van der Waals surface area (Å²) < 4.78 is 13.0. The molecule has 0 radical (unpaired) electrons. The quantitative estimate of drug-likeness (QED) is 0.839. The highest BCUT2D eigenvalue weighted by Crippen LogP contribution is 2.15. The van der Waals surface area contributed by atoms with E-state index in [0.29, 0.717) is 6.54 Å². The summed E-state index contributed by atoms with van der Waals surface area (Å²) in [6.07, 6.45) is 4.52. The molecule has 2 aromatic rings. The van der Waals surface area contributed by atoms with E-state index < -0.39 is 0 Å². The third-order valence-electron chi connectivity index (χ3n) is 2.65. The van der Waals surface area contributed by atoms with Gasteiger partial charge in [-0.15, -0.1) is 0 Å². The van der Waals surface area contributed by atoms with Gasteiger partial charge in [0.2, 0.25) is 0 Å². The maximum Gasteiger partial charge on any atom is 0.141 e. The molecule has 0 bridgehead atoms. The molecule has 0 aliphatic carbocycles. The fraction of sp³-hybridized carbons (Fsp3) is 0.214. The Labute approximate surface area is 111 Å². The molecular weight excluding hydrogens is 251 g/mol. The number of rotatable bonds is 5. The Morgan fingerprint density at radius 3 is 2.61 bits per heavy atom. The summed E-state index contributed by atoms with van der Waals surface area (Å²) in [5.41, 5.74) is 2.23. The predicted octanol–water partition coefficient (Wildman–Crippen LogP) is 3.21. The molecule has 0 unspecified atom stereocenters. The van der Waals surface area contributed by atoms with Crippen LogP contribution >= 0.6 is 11.6 Å². The van der Waals surface area contributed by atoms with Crippen molar-refractivity contribution in [2.45, 2.75) is 13.0 Å². The van der Waals surface area contributed by atoms with Gasteiger partial charge in [-0.25, -0.2) is 4.39 Å². The van der Waals surface area contributed by atoms with Crippen molar-refractivity contribution >= 4 is 11.6 Å². The van der Waals surface area contributed by atoms with E-state index in [1.165, 1.54) is 11.6 Å². The van der Waals surface area contributed by atoms with Crippen molar-refractivity contribution in [3.05, 3.63) is 64.7 Å². The summed E-state index contributed by atoms with van der Waals surface area (Å²) in [4.78, 5) is 3.97. The Kier molecular flexibility index (Phi) is 4.67. The molecule has 0 aliphatic heterocycles. The van der Waals surface area contributed by atoms with Crippen molar-refractivity contribution in [3.8, 4) is 0 Å². The first-order chi connectivity index (χ1) is 8.75. The first-order valence-electron chi connectivity index (χ1n) is 5.79. The maximum atomic E-state index is 13.0. The van der Waals surface area contributed by atoms with Crippen LogP contribution in [0.25, 0.3) is 0 Å². The van der Waals surface area contributed by atoms with Gasteiger partial charge in [-0.2, -0.15) is 0 Å². The lowest BCUT2D eigenvalue weighted by Gasteiger charge is -2.05. The Morgan fingerprint density at radius 2 is 1.89 bits per heavy atom. The second-order valence-electron chi connectivity index (χ2n) is 4.03. The van der Waals surface area contributed by atoms with Gasteiger partial charge in [-0.05, 0) is 48.4 Å². The summed E-state index contributed by atoms with van der Waals surface area (Å²) in [6, 6.07) is 8.77. The third kappa shape index (κ3) is 3.79. The molecule has 1 N–H and O–H groups in total. The molecule has 0 fully saturated rings. The first kappa shape index (κ1) is 13.0. The summed E-state index contributed by atoms with van der Waals surface area (Å²) in [5.74, 6) is -0.378. The number of nitrogens with zero attached hydrogens (tertiary/aromatic N) is 1. The zero-order valence-corrected chi connectivity index (χ0v) is 10.6. The first-order valence-corrected chi connectivity index (χ1v) is 6.17. The Morgan fingerprint density at radius 1 is 1.11 bits per heavy atom. The zero-order valence-electron chi connectivity index (χ0n) is 9.87. The minimum Gasteiger partial charge on any atom is -0.312 e. The molecule has 94 valence electrons. The van der Waals surface area contributed by atoms with Gasteiger partial charge < -0.3 is 5.32 Å². The molecular formula is C14H14ClFN2. The van der Waals surface area contributed by atoms with Gasteiger partial charge in [0, 0.05) is 18.9 Å². The number of hydrogen-bond acceptors (Lipinski definition) is 2. The smallest absolute Gasteiger partial charge is 0.141 e. The molecule has 0 saturated heterocycles. The van der Waals surface area contributed by atoms with Crippen molar-refractivity contribution in [2.75, 3.05) is 6.54 Å². The SMILES string of the molecule is Fc1ccc(CNCCc2ccncc2)cc1Cl. The van der Waals surface area contributed by atoms with Gasteiger partial charge in [-0.1, -0.05) is 17.7 Å². The Bertz CT molecular complexity index is 502. The predicted molar refractivity (Wildman–Crippen MR) is 71.1 cm³/mol. The van der Waals surface area contributed by atoms with E-state index in [0.717, 1.165) is 18.5 Å². The van der Waals surface area contributed by atoms with Gasteiger partial charge in [0.05, 0.1) is 5.02 Å². The number of hydrogen-bond donors (Lipinski definition) is 1. The van der Waals surface area contributed by atoms with Crippen LogP contribution < -0.4 is 5.32 Å². The van der Waals surface area contributed by atoms with Crippen molar-refractivity contribution in [1.82, 2.24) is 10.3 Å². The Balaban J connectivity index is 1.77. The number of pyridine rings is 1. The molecule has 0 aliphatic rings. The third-order valence-corrected chi connectivity index (χ3v) is 2.94. The number of halogens is 2. The van der Waals surface area contributed by atoms with Crippen molar-refractivity contribution in [3.63, 3.8) is 0 Å². The second-order valence-corrected chi connectivity index (χ2v) is 4.44. The van der Waals surface area contributed by atoms with Crippen LogP contribution in [-0.4, -0.2) is 11.5 Å². The van der Waals surface area contributed by atoms with E-state index in [9.17, 15) is 4.39 Å². The zero-order chi connectivity index (χ0) is 12.8. The van der Waals surface area contributed by atoms with E-state index in [1.807, 2.05) is 12.1 Å². The fourth-order valence-electron chi connectivity index (χ4n) is 1.66. The van der Waals surface area contributed by atoms with Crippen LogP contribution in [0.15, 0.2) is 42.7 Å². The molecule has 1 heterocycles. The number of nitrogens with one attached hydrogen (secondary N) is 1. The molecule has 1 aromatic carbocycles. The average molecular weight is 265 g/mol. The number of aromatic nitrogens is 1. The molecule has 2 rings (SSSR count). The monoisotopic (exact) mass is 264 g/mol. The highest BCUT2D eigenvalue weighted by atomic mass is 35.5. The second kappa shape index (κ2) is 6.47. The van der Waals surface area contributed by atoms with Crippen LogP contribution in [0, 0.1) is 5.82 Å². The molecule has 4 heteroatoms. The summed E-state index contributed by atoms with van der Waals surface area (Å²) >= 11 is 5.71. The lowest BCUT2D eigenvalue weighted by atomic mass is 10.2. The van der Waals surface area contributed by atoms with Gasteiger partial charge in [0.1, 0.15) is 5.82 Å². The standard InChI is InChI=1S/C14H14ClFN2/c15-13-9-12(1-2-14(13)16)10-18-8-5-11-3-6-17-7-4-11/h1-4,6-7,9,18H,5,8,10H2. The average Bonchev–Trinajstić information content (AvgIpc) is 2.40. The van der Waals surface area contributed by atoms with Crippen molar-refractivity contribution < 1.29 is 4.39 Å². The lowest BCUT2D eigenvalue weighted by molar-refractivity contribution is 0.625. The molecule has 18 heavy (non-hydrogen) atoms. The minimum atomic E-state index is -0.378. The molecule has 2 nitrogen and oxygen atoms in total. The molecule has 1 aromatic heterocycles. The largest absolute Gasteiger partial charge is 0.312 e. The van der Waals surface area contributed by atoms with Gasteiger partial charge in [0.15, 0.2) is 0 Å². The summed E-state index contributed by atoms with van der Waals surface area (Å²) in [7, 11) is 0. The van der Waals surface area contributed by atoms with Crippen LogP contribution in [0.4, 0.5) is 4.39 Å². The van der Waals surface area contributed by atoms with E-state index in [1.54, 1.807) is 24.5 Å². The topological polar surface area (TPSA) is 24.9 Å². The molecule has 0 atom stereocenters. The van der Waals surface area contributed by atoms with Gasteiger partial charge in [-0.3, -0.25) is 4.98 Å². The highest BCUT2D eigenvalue weighted by molar-refractivity contribution is 6.30. The Hall–Kier alpha value is -1.45. The van der Waals surface area contributed by atoms with Crippen LogP contribution in [0.2, 0.25) is 5.02 Å². The van der Waals surface area contributed by atoms with E-state index in [-0.39, 0.29) is 10.8 Å². The molecule has 0 spiro atoms. The van der Waals surface area contributed by atoms with Crippen LogP contribution in [0.5, 0.6) is 0 Å². The van der Waals surface area contributed by atoms with Crippen LogP contribution in [0.1, 0.15) is 11.1 Å². The lowest BCUT2D eigenvalue weighted by Crippen LogP contribution is -2.16.